The Balaban J connectivity index is 2.08. The highest BCUT2D eigenvalue weighted by molar-refractivity contribution is 6.05. The molecule has 0 saturated heterocycles. The number of likely N-dealkylation sites (N-methyl/N-ethyl adjacent to an activating group) is 1. The van der Waals surface area contributed by atoms with Crippen molar-refractivity contribution in [3.8, 4) is 11.5 Å². The lowest BCUT2D eigenvalue weighted by Crippen LogP contribution is -2.46. The number of nitrogens with zero attached hydrogens (tertiary/aromatic N) is 1. The molecule has 0 radical (unpaired) electrons. The van der Waals surface area contributed by atoms with Crippen molar-refractivity contribution in [1.82, 2.24) is 0 Å². The molecule has 0 saturated carbocycles. The number of ether oxygens (including phenoxy) is 2. The first-order chi connectivity index (χ1) is 8.74. The van der Waals surface area contributed by atoms with Gasteiger partial charge in [-0.05, 0) is 13.3 Å². The Labute approximate surface area is 106 Å². The van der Waals surface area contributed by atoms with E-state index < -0.39 is 0 Å². The fourth-order valence-electron chi connectivity index (χ4n) is 2.43. The van der Waals surface area contributed by atoms with Crippen LogP contribution in [0.2, 0.25) is 0 Å². The molecule has 0 bridgehead atoms. The van der Waals surface area contributed by atoms with Gasteiger partial charge in [-0.2, -0.15) is 0 Å². The fourth-order valence-corrected chi connectivity index (χ4v) is 2.43. The van der Waals surface area contributed by atoms with Gasteiger partial charge in [-0.1, -0.05) is 6.92 Å². The first kappa shape index (κ1) is 11.2. The van der Waals surface area contributed by atoms with E-state index >= 15 is 0 Å². The molecule has 3 rings (SSSR count). The molecule has 1 unspecified atom stereocenters. The molecule has 5 heteroatoms. The van der Waals surface area contributed by atoms with Crippen LogP contribution in [0.1, 0.15) is 20.3 Å². The molecule has 2 aliphatic heterocycles. The maximum atomic E-state index is 12.2. The predicted molar refractivity (Wildman–Crippen MR) is 68.3 cm³/mol. The maximum absolute atomic E-state index is 12.2. The van der Waals surface area contributed by atoms with E-state index in [4.69, 9.17) is 9.47 Å². The molecular weight excluding hydrogens is 232 g/mol. The molecule has 18 heavy (non-hydrogen) atoms. The number of hydrogen-bond donors (Lipinski definition) is 1. The Morgan fingerprint density at radius 3 is 2.72 bits per heavy atom. The summed E-state index contributed by atoms with van der Waals surface area (Å²) in [6.07, 6.45) is 0.767. The SMILES string of the molecule is CCC1Nc2cc3c(cc2N(CC)C1=O)OCO3. The summed E-state index contributed by atoms with van der Waals surface area (Å²) in [5.74, 6) is 1.56. The minimum Gasteiger partial charge on any atom is -0.454 e. The molecule has 1 atom stereocenters. The van der Waals surface area contributed by atoms with Crippen molar-refractivity contribution < 1.29 is 14.3 Å². The summed E-state index contributed by atoms with van der Waals surface area (Å²) < 4.78 is 10.7. The van der Waals surface area contributed by atoms with Crippen LogP contribution < -0.4 is 19.7 Å². The van der Waals surface area contributed by atoms with Crippen LogP contribution in [0.4, 0.5) is 11.4 Å². The molecule has 96 valence electrons. The largest absolute Gasteiger partial charge is 0.454 e. The first-order valence-corrected chi connectivity index (χ1v) is 6.26. The van der Waals surface area contributed by atoms with Gasteiger partial charge in [0.15, 0.2) is 11.5 Å². The smallest absolute Gasteiger partial charge is 0.249 e. The van der Waals surface area contributed by atoms with Gasteiger partial charge in [0.25, 0.3) is 0 Å². The van der Waals surface area contributed by atoms with Crippen molar-refractivity contribution in [2.45, 2.75) is 26.3 Å². The third-order valence-corrected chi connectivity index (χ3v) is 3.40. The molecule has 2 heterocycles. The van der Waals surface area contributed by atoms with Crippen LogP contribution in [0.3, 0.4) is 0 Å². The molecule has 0 aliphatic carbocycles. The maximum Gasteiger partial charge on any atom is 0.249 e. The highest BCUT2D eigenvalue weighted by atomic mass is 16.7. The van der Waals surface area contributed by atoms with Crippen molar-refractivity contribution in [3.05, 3.63) is 12.1 Å². The zero-order valence-corrected chi connectivity index (χ0v) is 10.5. The van der Waals surface area contributed by atoms with Crippen molar-refractivity contribution in [3.63, 3.8) is 0 Å². The Morgan fingerprint density at radius 2 is 2.06 bits per heavy atom. The van der Waals surface area contributed by atoms with E-state index in [-0.39, 0.29) is 18.7 Å². The molecule has 2 aliphatic rings. The molecule has 0 spiro atoms. The van der Waals surface area contributed by atoms with E-state index in [2.05, 4.69) is 5.32 Å². The number of rotatable bonds is 2. The number of carbonyl (C=O) groups is 1. The summed E-state index contributed by atoms with van der Waals surface area (Å²) in [4.78, 5) is 14.0. The van der Waals surface area contributed by atoms with Gasteiger partial charge in [0, 0.05) is 18.7 Å². The lowest BCUT2D eigenvalue weighted by atomic mass is 10.1. The quantitative estimate of drug-likeness (QED) is 0.869. The van der Waals surface area contributed by atoms with Crippen LogP contribution >= 0.6 is 0 Å². The summed E-state index contributed by atoms with van der Waals surface area (Å²) >= 11 is 0. The Bertz CT molecular complexity index is 501. The summed E-state index contributed by atoms with van der Waals surface area (Å²) in [7, 11) is 0. The Hall–Kier alpha value is -1.91. The molecular formula is C13H16N2O3. The fraction of sp³-hybridized carbons (Fsp3) is 0.462. The van der Waals surface area contributed by atoms with Crippen LogP contribution in [-0.2, 0) is 4.79 Å². The minimum absolute atomic E-state index is 0.117. The number of hydrogen-bond acceptors (Lipinski definition) is 4. The van der Waals surface area contributed by atoms with E-state index in [0.29, 0.717) is 12.3 Å². The number of anilines is 2. The van der Waals surface area contributed by atoms with Gasteiger partial charge >= 0.3 is 0 Å². The van der Waals surface area contributed by atoms with Crippen LogP contribution in [-0.4, -0.2) is 25.3 Å². The lowest BCUT2D eigenvalue weighted by molar-refractivity contribution is -0.119. The van der Waals surface area contributed by atoms with Crippen LogP contribution in [0, 0.1) is 0 Å². The topological polar surface area (TPSA) is 50.8 Å². The molecule has 1 aromatic rings. The number of nitrogens with one attached hydrogen (secondary N) is 1. The Kier molecular flexibility index (Phi) is 2.54. The molecule has 0 aromatic heterocycles. The van der Waals surface area contributed by atoms with Crippen molar-refractivity contribution in [1.29, 1.82) is 0 Å². The van der Waals surface area contributed by atoms with E-state index in [9.17, 15) is 4.79 Å². The molecule has 5 nitrogen and oxygen atoms in total. The van der Waals surface area contributed by atoms with Gasteiger partial charge in [-0.3, -0.25) is 4.79 Å². The number of benzene rings is 1. The predicted octanol–water partition coefficient (Wildman–Crippen LogP) is 1.97. The van der Waals surface area contributed by atoms with Crippen molar-refractivity contribution in [2.24, 2.45) is 0 Å². The van der Waals surface area contributed by atoms with E-state index in [1.165, 1.54) is 0 Å². The second-order valence-electron chi connectivity index (χ2n) is 4.41. The zero-order chi connectivity index (χ0) is 12.7. The van der Waals surface area contributed by atoms with Gasteiger partial charge in [-0.15, -0.1) is 0 Å². The monoisotopic (exact) mass is 248 g/mol. The summed E-state index contributed by atoms with van der Waals surface area (Å²) in [6.45, 7) is 4.88. The van der Waals surface area contributed by atoms with Crippen LogP contribution in [0.5, 0.6) is 11.5 Å². The van der Waals surface area contributed by atoms with E-state index in [1.807, 2.05) is 26.0 Å². The number of carbonyl (C=O) groups excluding carboxylic acids is 1. The summed E-state index contributed by atoms with van der Waals surface area (Å²) in [6, 6.07) is 3.63. The van der Waals surface area contributed by atoms with E-state index in [1.54, 1.807) is 4.90 Å². The highest BCUT2D eigenvalue weighted by Crippen LogP contribution is 2.43. The Morgan fingerprint density at radius 1 is 1.33 bits per heavy atom. The standard InChI is InChI=1S/C13H16N2O3/c1-3-8-13(16)15(4-2)10-6-12-11(17-7-18-12)5-9(10)14-8/h5-6,8,14H,3-4,7H2,1-2H3. The average molecular weight is 248 g/mol. The third-order valence-electron chi connectivity index (χ3n) is 3.40. The molecule has 1 aromatic carbocycles. The normalized spacial score (nSPS) is 20.7. The van der Waals surface area contributed by atoms with Gasteiger partial charge in [0.05, 0.1) is 11.4 Å². The lowest BCUT2D eigenvalue weighted by Gasteiger charge is -2.34. The second kappa shape index (κ2) is 4.08. The van der Waals surface area contributed by atoms with Gasteiger partial charge < -0.3 is 19.7 Å². The molecule has 1 N–H and O–H groups in total. The summed E-state index contributed by atoms with van der Waals surface area (Å²) in [5.41, 5.74) is 1.81. The highest BCUT2D eigenvalue weighted by Gasteiger charge is 2.32. The van der Waals surface area contributed by atoms with Gasteiger partial charge in [-0.25, -0.2) is 0 Å². The van der Waals surface area contributed by atoms with Crippen LogP contribution in [0.15, 0.2) is 12.1 Å². The number of fused-ring (bicyclic) bond motifs is 2. The first-order valence-electron chi connectivity index (χ1n) is 6.26. The molecule has 1 amide bonds. The number of amides is 1. The molecule has 0 fully saturated rings. The van der Waals surface area contributed by atoms with Gasteiger partial charge in [0.1, 0.15) is 6.04 Å². The second-order valence-corrected chi connectivity index (χ2v) is 4.41. The zero-order valence-electron chi connectivity index (χ0n) is 10.5. The van der Waals surface area contributed by atoms with Crippen molar-refractivity contribution >= 4 is 17.3 Å². The third kappa shape index (κ3) is 1.50. The van der Waals surface area contributed by atoms with Gasteiger partial charge in [0.2, 0.25) is 12.7 Å². The summed E-state index contributed by atoms with van der Waals surface area (Å²) in [5, 5.41) is 3.26. The average Bonchev–Trinajstić information content (AvgIpc) is 2.83. The van der Waals surface area contributed by atoms with Crippen LogP contribution in [0.25, 0.3) is 0 Å². The minimum atomic E-state index is -0.155. The van der Waals surface area contributed by atoms with E-state index in [0.717, 1.165) is 23.5 Å². The van der Waals surface area contributed by atoms with Crippen molar-refractivity contribution in [2.75, 3.05) is 23.6 Å².